The van der Waals surface area contributed by atoms with Crippen LogP contribution in [0.2, 0.25) is 0 Å². The predicted molar refractivity (Wildman–Crippen MR) is 68.8 cm³/mol. The second kappa shape index (κ2) is 5.22. The number of hydrogen-bond donors (Lipinski definition) is 3. The number of carboxylic acid groups (broad SMARTS) is 1. The first-order valence-electron chi connectivity index (χ1n) is 5.45. The molecule has 8 nitrogen and oxygen atoms in total. The van der Waals surface area contributed by atoms with E-state index in [9.17, 15) is 19.7 Å². The summed E-state index contributed by atoms with van der Waals surface area (Å²) in [6.45, 7) is 0. The van der Waals surface area contributed by atoms with Gasteiger partial charge in [0.25, 0.3) is 11.6 Å². The number of nitrogens with one attached hydrogen (secondary N) is 2. The van der Waals surface area contributed by atoms with Crippen molar-refractivity contribution in [3.05, 3.63) is 57.9 Å². The lowest BCUT2D eigenvalue weighted by atomic mass is 10.1. The third-order valence-corrected chi connectivity index (χ3v) is 2.53. The molecule has 2 aromatic rings. The van der Waals surface area contributed by atoms with E-state index in [2.05, 4.69) is 10.3 Å². The van der Waals surface area contributed by atoms with Crippen molar-refractivity contribution in [1.29, 1.82) is 0 Å². The normalized spacial score (nSPS) is 10.0. The van der Waals surface area contributed by atoms with Crippen LogP contribution >= 0.6 is 0 Å². The largest absolute Gasteiger partial charge is 0.478 e. The van der Waals surface area contributed by atoms with Crippen molar-refractivity contribution in [2.24, 2.45) is 0 Å². The van der Waals surface area contributed by atoms with E-state index < -0.39 is 22.5 Å². The number of anilines is 1. The van der Waals surface area contributed by atoms with Crippen LogP contribution in [0.1, 0.15) is 20.8 Å². The monoisotopic (exact) mass is 275 g/mol. The number of hydrogen-bond acceptors (Lipinski definition) is 4. The Labute approximate surface area is 112 Å². The van der Waals surface area contributed by atoms with E-state index in [1.165, 1.54) is 24.4 Å². The SMILES string of the molecule is O=C(O)c1ccc(NC(=O)c2ccc[nH]2)c([N+](=O)[O-])c1. The number of rotatable bonds is 4. The van der Waals surface area contributed by atoms with Gasteiger partial charge in [0.05, 0.1) is 10.5 Å². The van der Waals surface area contributed by atoms with Crippen molar-refractivity contribution in [2.45, 2.75) is 0 Å². The average Bonchev–Trinajstić information content (AvgIpc) is 2.92. The standard InChI is InChI=1S/C12H9N3O5/c16-11(9-2-1-5-13-9)14-8-4-3-7(12(17)18)6-10(8)15(19)20/h1-6,13H,(H,14,16)(H,17,18). The molecule has 0 bridgehead atoms. The van der Waals surface area contributed by atoms with E-state index in [1.54, 1.807) is 6.07 Å². The summed E-state index contributed by atoms with van der Waals surface area (Å²) in [5.74, 6) is -1.84. The van der Waals surface area contributed by atoms with Gasteiger partial charge in [-0.25, -0.2) is 4.79 Å². The van der Waals surface area contributed by atoms with Gasteiger partial charge in [0.15, 0.2) is 0 Å². The minimum absolute atomic E-state index is 0.0698. The van der Waals surface area contributed by atoms with Gasteiger partial charge in [0.1, 0.15) is 11.4 Å². The van der Waals surface area contributed by atoms with Gasteiger partial charge in [-0.05, 0) is 24.3 Å². The average molecular weight is 275 g/mol. The Bertz CT molecular complexity index is 678. The predicted octanol–water partition coefficient (Wildman–Crippen LogP) is 1.87. The highest BCUT2D eigenvalue weighted by Crippen LogP contribution is 2.26. The van der Waals surface area contributed by atoms with Crippen LogP contribution in [0.3, 0.4) is 0 Å². The Kier molecular flexibility index (Phi) is 3.47. The lowest BCUT2D eigenvalue weighted by Crippen LogP contribution is -2.13. The molecule has 0 atom stereocenters. The van der Waals surface area contributed by atoms with E-state index in [0.29, 0.717) is 0 Å². The third kappa shape index (κ3) is 2.64. The van der Waals surface area contributed by atoms with E-state index in [-0.39, 0.29) is 16.9 Å². The number of aromatic carboxylic acids is 1. The van der Waals surface area contributed by atoms with Gasteiger partial charge < -0.3 is 15.4 Å². The molecule has 3 N–H and O–H groups in total. The Morgan fingerprint density at radius 3 is 2.60 bits per heavy atom. The van der Waals surface area contributed by atoms with Crippen LogP contribution in [0.15, 0.2) is 36.5 Å². The van der Waals surface area contributed by atoms with E-state index in [1.807, 2.05) is 0 Å². The van der Waals surface area contributed by atoms with Crippen molar-refractivity contribution in [2.75, 3.05) is 5.32 Å². The highest BCUT2D eigenvalue weighted by molar-refractivity contribution is 6.04. The zero-order valence-corrected chi connectivity index (χ0v) is 9.99. The maximum atomic E-state index is 11.8. The molecule has 0 unspecified atom stereocenters. The van der Waals surface area contributed by atoms with Gasteiger partial charge in [-0.3, -0.25) is 14.9 Å². The molecule has 0 saturated carbocycles. The Balaban J connectivity index is 2.34. The summed E-state index contributed by atoms with van der Waals surface area (Å²) in [6.07, 6.45) is 1.54. The fourth-order valence-corrected chi connectivity index (χ4v) is 1.58. The zero-order valence-electron chi connectivity index (χ0n) is 9.99. The minimum atomic E-state index is -1.28. The number of nitro benzene ring substituents is 1. The Hall–Kier alpha value is -3.16. The fourth-order valence-electron chi connectivity index (χ4n) is 1.58. The quantitative estimate of drug-likeness (QED) is 0.580. The number of nitrogens with zero attached hydrogens (tertiary/aromatic N) is 1. The summed E-state index contributed by atoms with van der Waals surface area (Å²) in [7, 11) is 0. The van der Waals surface area contributed by atoms with Gasteiger partial charge >= 0.3 is 5.97 Å². The number of nitro groups is 1. The van der Waals surface area contributed by atoms with Gasteiger partial charge in [0.2, 0.25) is 0 Å². The molecule has 1 heterocycles. The van der Waals surface area contributed by atoms with Crippen LogP contribution in [-0.4, -0.2) is 26.9 Å². The summed E-state index contributed by atoms with van der Waals surface area (Å²) >= 11 is 0. The molecule has 1 amide bonds. The maximum Gasteiger partial charge on any atom is 0.335 e. The van der Waals surface area contributed by atoms with Crippen molar-refractivity contribution >= 4 is 23.3 Å². The van der Waals surface area contributed by atoms with Crippen molar-refractivity contribution < 1.29 is 19.6 Å². The summed E-state index contributed by atoms with van der Waals surface area (Å²) in [5.41, 5.74) is -0.541. The van der Waals surface area contributed by atoms with Gasteiger partial charge in [-0.15, -0.1) is 0 Å². The zero-order chi connectivity index (χ0) is 14.7. The topological polar surface area (TPSA) is 125 Å². The minimum Gasteiger partial charge on any atom is -0.478 e. The first kappa shape index (κ1) is 13.3. The van der Waals surface area contributed by atoms with E-state index in [0.717, 1.165) is 6.07 Å². The maximum absolute atomic E-state index is 11.8. The molecular weight excluding hydrogens is 266 g/mol. The molecule has 2 rings (SSSR count). The number of carbonyl (C=O) groups is 2. The molecule has 1 aromatic carbocycles. The van der Waals surface area contributed by atoms with Crippen LogP contribution in [0.25, 0.3) is 0 Å². The van der Waals surface area contributed by atoms with Crippen LogP contribution in [0.4, 0.5) is 11.4 Å². The molecule has 0 aliphatic heterocycles. The number of aromatic amines is 1. The summed E-state index contributed by atoms with van der Waals surface area (Å²) in [5, 5.41) is 22.1. The van der Waals surface area contributed by atoms with E-state index >= 15 is 0 Å². The number of amides is 1. The van der Waals surface area contributed by atoms with Crippen molar-refractivity contribution in [1.82, 2.24) is 4.98 Å². The molecule has 0 aliphatic rings. The summed E-state index contributed by atoms with van der Waals surface area (Å²) < 4.78 is 0. The molecular formula is C12H9N3O5. The van der Waals surface area contributed by atoms with Crippen molar-refractivity contribution in [3.63, 3.8) is 0 Å². The van der Waals surface area contributed by atoms with Crippen LogP contribution < -0.4 is 5.32 Å². The second-order valence-electron chi connectivity index (χ2n) is 3.83. The number of benzene rings is 1. The van der Waals surface area contributed by atoms with Crippen LogP contribution in [0, 0.1) is 10.1 Å². The second-order valence-corrected chi connectivity index (χ2v) is 3.83. The molecule has 0 spiro atoms. The summed E-state index contributed by atoms with van der Waals surface area (Å²) in [4.78, 5) is 35.4. The molecule has 1 aromatic heterocycles. The highest BCUT2D eigenvalue weighted by Gasteiger charge is 2.19. The first-order chi connectivity index (χ1) is 9.49. The number of aromatic nitrogens is 1. The van der Waals surface area contributed by atoms with Crippen LogP contribution in [-0.2, 0) is 0 Å². The first-order valence-corrected chi connectivity index (χ1v) is 5.45. The Morgan fingerprint density at radius 2 is 2.05 bits per heavy atom. The molecule has 8 heteroatoms. The Morgan fingerprint density at radius 1 is 1.30 bits per heavy atom. The third-order valence-electron chi connectivity index (χ3n) is 2.53. The van der Waals surface area contributed by atoms with Gasteiger partial charge in [-0.1, -0.05) is 0 Å². The van der Waals surface area contributed by atoms with Crippen LogP contribution in [0.5, 0.6) is 0 Å². The molecule has 0 aliphatic carbocycles. The lowest BCUT2D eigenvalue weighted by Gasteiger charge is -2.05. The molecule has 0 saturated heterocycles. The number of carboxylic acids is 1. The molecule has 0 radical (unpaired) electrons. The summed E-state index contributed by atoms with van der Waals surface area (Å²) in [6, 6.07) is 6.37. The molecule has 0 fully saturated rings. The molecule has 102 valence electrons. The fraction of sp³-hybridized carbons (Fsp3) is 0. The van der Waals surface area contributed by atoms with Gasteiger partial charge in [0, 0.05) is 12.3 Å². The lowest BCUT2D eigenvalue weighted by molar-refractivity contribution is -0.383. The van der Waals surface area contributed by atoms with Gasteiger partial charge in [-0.2, -0.15) is 0 Å². The van der Waals surface area contributed by atoms with E-state index in [4.69, 9.17) is 5.11 Å². The van der Waals surface area contributed by atoms with Crippen molar-refractivity contribution in [3.8, 4) is 0 Å². The molecule has 20 heavy (non-hydrogen) atoms. The number of H-pyrrole nitrogens is 1. The number of carbonyl (C=O) groups excluding carboxylic acids is 1. The highest BCUT2D eigenvalue weighted by atomic mass is 16.6. The smallest absolute Gasteiger partial charge is 0.335 e.